The van der Waals surface area contributed by atoms with Crippen molar-refractivity contribution in [1.82, 2.24) is 14.5 Å². The van der Waals surface area contributed by atoms with Crippen LogP contribution in [0.5, 0.6) is 5.88 Å². The van der Waals surface area contributed by atoms with Gasteiger partial charge in [-0.05, 0) is 19.3 Å². The molecule has 1 saturated heterocycles. The third-order valence-electron chi connectivity index (χ3n) is 3.69. The SMILES string of the molecule is O=c1[nH]c(=O)n(C2CCN(C3CC3)C2)c(O)c1F. The molecule has 1 saturated carbocycles. The number of halogens is 1. The van der Waals surface area contributed by atoms with E-state index < -0.39 is 22.9 Å². The Balaban J connectivity index is 1.95. The molecule has 6 nitrogen and oxygen atoms in total. The molecule has 7 heteroatoms. The van der Waals surface area contributed by atoms with Crippen molar-refractivity contribution >= 4 is 0 Å². The fraction of sp³-hybridized carbons (Fsp3) is 0.636. The van der Waals surface area contributed by atoms with Gasteiger partial charge in [0.1, 0.15) is 0 Å². The Morgan fingerprint density at radius 1 is 1.22 bits per heavy atom. The van der Waals surface area contributed by atoms with Crippen LogP contribution in [-0.2, 0) is 0 Å². The second kappa shape index (κ2) is 3.94. The van der Waals surface area contributed by atoms with E-state index in [0.29, 0.717) is 19.0 Å². The molecular formula is C11H14FN3O3. The first kappa shape index (κ1) is 11.5. The lowest BCUT2D eigenvalue weighted by atomic mass is 10.2. The Kier molecular flexibility index (Phi) is 2.51. The molecule has 0 amide bonds. The van der Waals surface area contributed by atoms with Gasteiger partial charge in [0.2, 0.25) is 11.7 Å². The van der Waals surface area contributed by atoms with Crippen LogP contribution in [0.1, 0.15) is 25.3 Å². The number of likely N-dealkylation sites (tertiary alicyclic amines) is 1. The summed E-state index contributed by atoms with van der Waals surface area (Å²) in [6.07, 6.45) is 3.00. The van der Waals surface area contributed by atoms with Crippen molar-refractivity contribution in [3.63, 3.8) is 0 Å². The first-order chi connectivity index (χ1) is 8.58. The molecule has 3 rings (SSSR count). The smallest absolute Gasteiger partial charge is 0.331 e. The monoisotopic (exact) mass is 255 g/mol. The van der Waals surface area contributed by atoms with Gasteiger partial charge in [-0.15, -0.1) is 0 Å². The number of aromatic hydroxyl groups is 1. The summed E-state index contributed by atoms with van der Waals surface area (Å²) in [5.74, 6) is -2.15. The Morgan fingerprint density at radius 2 is 1.94 bits per heavy atom. The molecule has 2 heterocycles. The van der Waals surface area contributed by atoms with E-state index in [2.05, 4.69) is 4.90 Å². The molecule has 0 spiro atoms. The second-order valence-corrected chi connectivity index (χ2v) is 4.94. The van der Waals surface area contributed by atoms with E-state index in [1.54, 1.807) is 0 Å². The molecule has 1 atom stereocenters. The molecule has 2 aliphatic rings. The standard InChI is InChI=1S/C11H14FN3O3/c12-8-9(16)13-11(18)15(10(8)17)7-3-4-14(5-7)6-1-2-6/h6-7,17H,1-5H2,(H,13,16,18). The van der Waals surface area contributed by atoms with Crippen molar-refractivity contribution in [2.24, 2.45) is 0 Å². The van der Waals surface area contributed by atoms with E-state index >= 15 is 0 Å². The van der Waals surface area contributed by atoms with Crippen LogP contribution in [0.2, 0.25) is 0 Å². The zero-order chi connectivity index (χ0) is 12.9. The average Bonchev–Trinajstić information content (AvgIpc) is 3.07. The van der Waals surface area contributed by atoms with Crippen LogP contribution in [0.4, 0.5) is 4.39 Å². The van der Waals surface area contributed by atoms with Crippen LogP contribution in [0.15, 0.2) is 9.59 Å². The van der Waals surface area contributed by atoms with Crippen molar-refractivity contribution in [2.45, 2.75) is 31.3 Å². The van der Waals surface area contributed by atoms with E-state index in [4.69, 9.17) is 0 Å². The molecule has 0 aromatic carbocycles. The molecule has 1 aromatic rings. The van der Waals surface area contributed by atoms with Crippen LogP contribution in [-0.4, -0.2) is 38.7 Å². The van der Waals surface area contributed by atoms with E-state index in [9.17, 15) is 19.1 Å². The highest BCUT2D eigenvalue weighted by molar-refractivity contribution is 5.12. The summed E-state index contributed by atoms with van der Waals surface area (Å²) in [6, 6.07) is 0.296. The van der Waals surface area contributed by atoms with E-state index in [1.807, 2.05) is 4.98 Å². The number of rotatable bonds is 2. The largest absolute Gasteiger partial charge is 0.492 e. The summed E-state index contributed by atoms with van der Waals surface area (Å²) < 4.78 is 14.3. The normalized spacial score (nSPS) is 24.6. The molecule has 2 N–H and O–H groups in total. The highest BCUT2D eigenvalue weighted by Gasteiger charge is 2.36. The predicted octanol–water partition coefficient (Wildman–Crippen LogP) is -0.210. The van der Waals surface area contributed by atoms with Gasteiger partial charge in [-0.2, -0.15) is 4.39 Å². The van der Waals surface area contributed by atoms with Gasteiger partial charge in [-0.3, -0.25) is 19.2 Å². The van der Waals surface area contributed by atoms with Gasteiger partial charge >= 0.3 is 5.69 Å². The van der Waals surface area contributed by atoms with Crippen LogP contribution in [0, 0.1) is 5.82 Å². The van der Waals surface area contributed by atoms with E-state index in [-0.39, 0.29) is 6.04 Å². The first-order valence-corrected chi connectivity index (χ1v) is 6.05. The minimum atomic E-state index is -1.29. The fourth-order valence-corrected chi connectivity index (χ4v) is 2.60. The number of aromatic nitrogens is 2. The third kappa shape index (κ3) is 1.74. The minimum Gasteiger partial charge on any atom is -0.492 e. The summed E-state index contributed by atoms with van der Waals surface area (Å²) in [4.78, 5) is 26.8. The van der Waals surface area contributed by atoms with Gasteiger partial charge in [0.25, 0.3) is 5.56 Å². The molecular weight excluding hydrogens is 241 g/mol. The van der Waals surface area contributed by atoms with Crippen molar-refractivity contribution in [3.05, 3.63) is 26.7 Å². The summed E-state index contributed by atoms with van der Waals surface area (Å²) in [5.41, 5.74) is -1.92. The summed E-state index contributed by atoms with van der Waals surface area (Å²) >= 11 is 0. The van der Waals surface area contributed by atoms with E-state index in [1.165, 1.54) is 0 Å². The highest BCUT2D eigenvalue weighted by Crippen LogP contribution is 2.33. The first-order valence-electron chi connectivity index (χ1n) is 6.05. The molecule has 98 valence electrons. The molecule has 18 heavy (non-hydrogen) atoms. The summed E-state index contributed by atoms with van der Waals surface area (Å²) in [6.45, 7) is 1.45. The number of hydrogen-bond acceptors (Lipinski definition) is 4. The quantitative estimate of drug-likeness (QED) is 0.766. The van der Waals surface area contributed by atoms with Crippen LogP contribution in [0.3, 0.4) is 0 Å². The van der Waals surface area contributed by atoms with Crippen molar-refractivity contribution in [1.29, 1.82) is 0 Å². The third-order valence-corrected chi connectivity index (χ3v) is 3.69. The zero-order valence-corrected chi connectivity index (χ0v) is 9.73. The second-order valence-electron chi connectivity index (χ2n) is 4.94. The van der Waals surface area contributed by atoms with Crippen molar-refractivity contribution < 1.29 is 9.50 Å². The maximum Gasteiger partial charge on any atom is 0.331 e. The number of hydrogen-bond donors (Lipinski definition) is 2. The Hall–Kier alpha value is -1.63. The summed E-state index contributed by atoms with van der Waals surface area (Å²) in [5, 5.41) is 9.61. The number of nitrogens with one attached hydrogen (secondary N) is 1. The zero-order valence-electron chi connectivity index (χ0n) is 9.73. The van der Waals surface area contributed by atoms with Gasteiger partial charge < -0.3 is 5.11 Å². The lowest BCUT2D eigenvalue weighted by molar-refractivity contribution is 0.293. The lowest BCUT2D eigenvalue weighted by Gasteiger charge is -2.17. The van der Waals surface area contributed by atoms with Gasteiger partial charge in [0, 0.05) is 19.1 Å². The molecule has 1 aliphatic heterocycles. The fourth-order valence-electron chi connectivity index (χ4n) is 2.60. The lowest BCUT2D eigenvalue weighted by Crippen LogP contribution is -2.35. The van der Waals surface area contributed by atoms with Crippen LogP contribution < -0.4 is 11.2 Å². The number of aromatic amines is 1. The highest BCUT2D eigenvalue weighted by atomic mass is 19.1. The van der Waals surface area contributed by atoms with E-state index in [0.717, 1.165) is 24.0 Å². The van der Waals surface area contributed by atoms with Crippen LogP contribution in [0.25, 0.3) is 0 Å². The Morgan fingerprint density at radius 3 is 2.61 bits per heavy atom. The Labute approximate surface area is 102 Å². The van der Waals surface area contributed by atoms with Gasteiger partial charge in [-0.1, -0.05) is 0 Å². The summed E-state index contributed by atoms with van der Waals surface area (Å²) in [7, 11) is 0. The molecule has 0 radical (unpaired) electrons. The van der Waals surface area contributed by atoms with Gasteiger partial charge in [-0.25, -0.2) is 4.79 Å². The maximum absolute atomic E-state index is 13.3. The van der Waals surface area contributed by atoms with Gasteiger partial charge in [0.05, 0.1) is 6.04 Å². The Bertz CT molecular complexity index is 590. The average molecular weight is 255 g/mol. The maximum atomic E-state index is 13.3. The molecule has 2 fully saturated rings. The number of nitrogens with zero attached hydrogens (tertiary/aromatic N) is 2. The molecule has 1 aliphatic carbocycles. The van der Waals surface area contributed by atoms with Crippen molar-refractivity contribution in [2.75, 3.05) is 13.1 Å². The molecule has 0 bridgehead atoms. The minimum absolute atomic E-state index is 0.274. The van der Waals surface area contributed by atoms with Gasteiger partial charge in [0.15, 0.2) is 0 Å². The molecule has 1 unspecified atom stereocenters. The van der Waals surface area contributed by atoms with Crippen molar-refractivity contribution in [3.8, 4) is 5.88 Å². The predicted molar refractivity (Wildman–Crippen MR) is 61.2 cm³/mol. The molecule has 1 aromatic heterocycles. The topological polar surface area (TPSA) is 78.3 Å². The van der Waals surface area contributed by atoms with Crippen LogP contribution >= 0.6 is 0 Å². The number of H-pyrrole nitrogens is 1.